The van der Waals surface area contributed by atoms with Gasteiger partial charge in [-0.25, -0.2) is 0 Å². The molecule has 0 spiro atoms. The third-order valence-electron chi connectivity index (χ3n) is 5.46. The standard InChI is InChI=1S/C16H24N4O2/c1-20-13(6-14(19-20)11-2-3-11)8-18-15(21)16-9-17-7-12(16)4-5-22-10-16/h6,11-12,17H,2-5,7-10H2,1H3,(H,18,21)/t12-,16+/m1/s1. The zero-order valence-corrected chi connectivity index (χ0v) is 13.1. The number of fused-ring (bicyclic) bond motifs is 1. The number of ether oxygens (including phenoxy) is 1. The van der Waals surface area contributed by atoms with Gasteiger partial charge in [0.05, 0.1) is 30.0 Å². The molecule has 1 saturated carbocycles. The normalized spacial score (nSPS) is 31.0. The van der Waals surface area contributed by atoms with E-state index in [0.29, 0.717) is 25.0 Å². The summed E-state index contributed by atoms with van der Waals surface area (Å²) >= 11 is 0. The first kappa shape index (κ1) is 14.2. The molecule has 0 bridgehead atoms. The molecule has 22 heavy (non-hydrogen) atoms. The highest BCUT2D eigenvalue weighted by Crippen LogP contribution is 2.40. The summed E-state index contributed by atoms with van der Waals surface area (Å²) in [5, 5.41) is 11.0. The van der Waals surface area contributed by atoms with Gasteiger partial charge < -0.3 is 15.4 Å². The van der Waals surface area contributed by atoms with Crippen molar-refractivity contribution < 1.29 is 9.53 Å². The minimum absolute atomic E-state index is 0.122. The van der Waals surface area contributed by atoms with E-state index in [0.717, 1.165) is 31.8 Å². The van der Waals surface area contributed by atoms with Crippen LogP contribution in [0.4, 0.5) is 0 Å². The Morgan fingerprint density at radius 3 is 3.23 bits per heavy atom. The summed E-state index contributed by atoms with van der Waals surface area (Å²) in [4.78, 5) is 12.8. The lowest BCUT2D eigenvalue weighted by Gasteiger charge is -2.36. The maximum Gasteiger partial charge on any atom is 0.230 e. The van der Waals surface area contributed by atoms with E-state index in [9.17, 15) is 4.79 Å². The molecule has 3 fully saturated rings. The maximum atomic E-state index is 12.8. The molecule has 2 saturated heterocycles. The van der Waals surface area contributed by atoms with Crippen LogP contribution in [-0.2, 0) is 23.1 Å². The molecule has 2 N–H and O–H groups in total. The van der Waals surface area contributed by atoms with Crippen molar-refractivity contribution in [2.24, 2.45) is 18.4 Å². The van der Waals surface area contributed by atoms with E-state index in [1.54, 1.807) is 0 Å². The fourth-order valence-electron chi connectivity index (χ4n) is 3.79. The van der Waals surface area contributed by atoms with E-state index in [2.05, 4.69) is 21.8 Å². The van der Waals surface area contributed by atoms with Gasteiger partial charge in [0.1, 0.15) is 0 Å². The number of aromatic nitrogens is 2. The fraction of sp³-hybridized carbons (Fsp3) is 0.750. The first-order chi connectivity index (χ1) is 10.7. The van der Waals surface area contributed by atoms with E-state index in [1.165, 1.54) is 18.5 Å². The molecule has 1 aliphatic carbocycles. The number of rotatable bonds is 4. The topological polar surface area (TPSA) is 68.2 Å². The molecule has 0 radical (unpaired) electrons. The molecular weight excluding hydrogens is 280 g/mol. The molecule has 1 aromatic rings. The Morgan fingerprint density at radius 1 is 1.55 bits per heavy atom. The van der Waals surface area contributed by atoms with Gasteiger partial charge in [-0.1, -0.05) is 0 Å². The molecule has 0 unspecified atom stereocenters. The van der Waals surface area contributed by atoms with E-state index >= 15 is 0 Å². The predicted octanol–water partition coefficient (Wildman–Crippen LogP) is 0.540. The Morgan fingerprint density at radius 2 is 2.41 bits per heavy atom. The van der Waals surface area contributed by atoms with Crippen LogP contribution in [0.2, 0.25) is 0 Å². The smallest absolute Gasteiger partial charge is 0.230 e. The summed E-state index contributed by atoms with van der Waals surface area (Å²) in [6.45, 7) is 3.50. The van der Waals surface area contributed by atoms with Crippen molar-refractivity contribution in [1.29, 1.82) is 0 Å². The number of aryl methyl sites for hydroxylation is 1. The number of hydrogen-bond donors (Lipinski definition) is 2. The quantitative estimate of drug-likeness (QED) is 0.852. The van der Waals surface area contributed by atoms with Gasteiger partial charge in [-0.2, -0.15) is 5.10 Å². The van der Waals surface area contributed by atoms with Crippen LogP contribution < -0.4 is 10.6 Å². The van der Waals surface area contributed by atoms with Gasteiger partial charge in [-0.15, -0.1) is 0 Å². The largest absolute Gasteiger partial charge is 0.380 e. The number of hydrogen-bond acceptors (Lipinski definition) is 4. The van der Waals surface area contributed by atoms with E-state index in [4.69, 9.17) is 4.74 Å². The van der Waals surface area contributed by atoms with Gasteiger partial charge in [-0.3, -0.25) is 9.48 Å². The number of nitrogens with one attached hydrogen (secondary N) is 2. The minimum atomic E-state index is -0.379. The lowest BCUT2D eigenvalue weighted by Crippen LogP contribution is -2.51. The van der Waals surface area contributed by atoms with Gasteiger partial charge in [0, 0.05) is 26.1 Å². The van der Waals surface area contributed by atoms with Gasteiger partial charge in [-0.05, 0) is 37.8 Å². The molecule has 120 valence electrons. The number of nitrogens with zero attached hydrogens (tertiary/aromatic N) is 2. The summed E-state index contributed by atoms with van der Waals surface area (Å²) < 4.78 is 7.51. The number of carbonyl (C=O) groups excluding carboxylic acids is 1. The van der Waals surface area contributed by atoms with Crippen LogP contribution >= 0.6 is 0 Å². The first-order valence-corrected chi connectivity index (χ1v) is 8.28. The van der Waals surface area contributed by atoms with Crippen LogP contribution in [0.25, 0.3) is 0 Å². The molecule has 3 heterocycles. The van der Waals surface area contributed by atoms with E-state index < -0.39 is 0 Å². The SMILES string of the molecule is Cn1nc(C2CC2)cc1CNC(=O)[C@]12CNC[C@H]1CCOC2. The summed E-state index contributed by atoms with van der Waals surface area (Å²) in [5.74, 6) is 1.16. The van der Waals surface area contributed by atoms with E-state index in [-0.39, 0.29) is 11.3 Å². The van der Waals surface area contributed by atoms with Crippen molar-refractivity contribution in [3.05, 3.63) is 17.5 Å². The predicted molar refractivity (Wildman–Crippen MR) is 81.3 cm³/mol. The lowest BCUT2D eigenvalue weighted by atomic mass is 9.75. The molecule has 1 aromatic heterocycles. The monoisotopic (exact) mass is 304 g/mol. The summed E-state index contributed by atoms with van der Waals surface area (Å²) in [7, 11) is 1.95. The lowest BCUT2D eigenvalue weighted by molar-refractivity contribution is -0.141. The van der Waals surface area contributed by atoms with Crippen molar-refractivity contribution in [3.8, 4) is 0 Å². The second kappa shape index (κ2) is 5.35. The molecule has 0 aromatic carbocycles. The highest BCUT2D eigenvalue weighted by Gasteiger charge is 2.50. The van der Waals surface area contributed by atoms with Crippen LogP contribution in [0.1, 0.15) is 36.6 Å². The third-order valence-corrected chi connectivity index (χ3v) is 5.46. The maximum absolute atomic E-state index is 12.8. The van der Waals surface area contributed by atoms with Gasteiger partial charge in [0.25, 0.3) is 0 Å². The summed E-state index contributed by atoms with van der Waals surface area (Å²) in [5.41, 5.74) is 1.87. The zero-order chi connectivity index (χ0) is 15.2. The molecule has 1 amide bonds. The Bertz CT molecular complexity index is 581. The molecule has 4 rings (SSSR count). The van der Waals surface area contributed by atoms with Crippen LogP contribution in [0.5, 0.6) is 0 Å². The zero-order valence-electron chi connectivity index (χ0n) is 13.1. The van der Waals surface area contributed by atoms with Crippen molar-refractivity contribution in [1.82, 2.24) is 20.4 Å². The van der Waals surface area contributed by atoms with Crippen LogP contribution in [0.3, 0.4) is 0 Å². The second-order valence-electron chi connectivity index (χ2n) is 6.97. The highest BCUT2D eigenvalue weighted by molar-refractivity contribution is 5.84. The summed E-state index contributed by atoms with van der Waals surface area (Å²) in [6, 6.07) is 2.14. The Hall–Kier alpha value is -1.40. The highest BCUT2D eigenvalue weighted by atomic mass is 16.5. The van der Waals surface area contributed by atoms with Gasteiger partial charge >= 0.3 is 0 Å². The second-order valence-corrected chi connectivity index (χ2v) is 6.97. The molecule has 3 aliphatic rings. The van der Waals surface area contributed by atoms with Gasteiger partial charge in [0.2, 0.25) is 5.91 Å². The van der Waals surface area contributed by atoms with Gasteiger partial charge in [0.15, 0.2) is 0 Å². The molecular formula is C16H24N4O2. The average molecular weight is 304 g/mol. The number of carbonyl (C=O) groups is 1. The Balaban J connectivity index is 1.43. The summed E-state index contributed by atoms with van der Waals surface area (Å²) in [6.07, 6.45) is 3.46. The fourth-order valence-corrected chi connectivity index (χ4v) is 3.79. The van der Waals surface area contributed by atoms with Crippen molar-refractivity contribution >= 4 is 5.91 Å². The van der Waals surface area contributed by atoms with Crippen molar-refractivity contribution in [3.63, 3.8) is 0 Å². The molecule has 6 heteroatoms. The first-order valence-electron chi connectivity index (χ1n) is 8.28. The molecule has 2 atom stereocenters. The Kier molecular flexibility index (Phi) is 3.46. The number of amides is 1. The van der Waals surface area contributed by atoms with Crippen molar-refractivity contribution in [2.75, 3.05) is 26.3 Å². The van der Waals surface area contributed by atoms with Crippen molar-refractivity contribution in [2.45, 2.75) is 31.7 Å². The van der Waals surface area contributed by atoms with Crippen LogP contribution in [-0.4, -0.2) is 42.0 Å². The van der Waals surface area contributed by atoms with Crippen LogP contribution in [0, 0.1) is 11.3 Å². The average Bonchev–Trinajstić information content (AvgIpc) is 3.17. The minimum Gasteiger partial charge on any atom is -0.380 e. The molecule has 2 aliphatic heterocycles. The van der Waals surface area contributed by atoms with Crippen LogP contribution in [0.15, 0.2) is 6.07 Å². The Labute approximate surface area is 130 Å². The molecule has 6 nitrogen and oxygen atoms in total. The third kappa shape index (κ3) is 2.34. The van der Waals surface area contributed by atoms with E-state index in [1.807, 2.05) is 11.7 Å².